The molecule has 0 bridgehead atoms. The lowest BCUT2D eigenvalue weighted by molar-refractivity contribution is 0.855. The second-order valence-electron chi connectivity index (χ2n) is 2.48. The van der Waals surface area contributed by atoms with Crippen LogP contribution in [0.5, 0.6) is 0 Å². The Morgan fingerprint density at radius 3 is 2.90 bits per heavy atom. The van der Waals surface area contributed by atoms with E-state index in [0.29, 0.717) is 0 Å². The molecule has 1 heterocycles. The lowest BCUT2D eigenvalue weighted by Gasteiger charge is -2.14. The summed E-state index contributed by atoms with van der Waals surface area (Å²) < 4.78 is 0. The summed E-state index contributed by atoms with van der Waals surface area (Å²) in [4.78, 5) is 0. The van der Waals surface area contributed by atoms with Crippen molar-refractivity contribution in [2.45, 2.75) is 20.3 Å². The van der Waals surface area contributed by atoms with E-state index in [2.05, 4.69) is 12.2 Å². The molecule has 0 radical (unpaired) electrons. The smallest absolute Gasteiger partial charge is 0.0459 e. The van der Waals surface area contributed by atoms with E-state index in [9.17, 15) is 0 Å². The van der Waals surface area contributed by atoms with E-state index in [4.69, 9.17) is 11.6 Å². The van der Waals surface area contributed by atoms with E-state index in [0.717, 1.165) is 23.6 Å². The molecule has 1 aliphatic heterocycles. The van der Waals surface area contributed by atoms with Crippen molar-refractivity contribution < 1.29 is 0 Å². The van der Waals surface area contributed by atoms with E-state index in [1.165, 1.54) is 5.57 Å². The third-order valence-electron chi connectivity index (χ3n) is 1.72. The van der Waals surface area contributed by atoms with Crippen LogP contribution >= 0.6 is 11.6 Å². The summed E-state index contributed by atoms with van der Waals surface area (Å²) >= 11 is 6.00. The Morgan fingerprint density at radius 2 is 2.40 bits per heavy atom. The minimum absolute atomic E-state index is 0.909. The van der Waals surface area contributed by atoms with Crippen LogP contribution in [0.15, 0.2) is 22.4 Å². The number of nitrogens with one attached hydrogen (secondary N) is 1. The predicted molar refractivity (Wildman–Crippen MR) is 44.9 cm³/mol. The van der Waals surface area contributed by atoms with Gasteiger partial charge in [-0.15, -0.1) is 0 Å². The molecule has 0 aromatic rings. The normalized spacial score (nSPS) is 18.5. The molecule has 10 heavy (non-hydrogen) atoms. The average molecular weight is 158 g/mol. The average Bonchev–Trinajstić information content (AvgIpc) is 1.95. The van der Waals surface area contributed by atoms with Gasteiger partial charge in [0.25, 0.3) is 0 Å². The Kier molecular flexibility index (Phi) is 2.39. The topological polar surface area (TPSA) is 12.0 Å². The highest BCUT2D eigenvalue weighted by molar-refractivity contribution is 6.32. The first-order valence-electron chi connectivity index (χ1n) is 3.53. The predicted octanol–water partition coefficient (Wildman–Crippen LogP) is 2.40. The third kappa shape index (κ3) is 1.35. The van der Waals surface area contributed by atoms with Gasteiger partial charge in [-0.2, -0.15) is 0 Å². The molecule has 1 aliphatic rings. The van der Waals surface area contributed by atoms with Gasteiger partial charge in [-0.1, -0.05) is 18.5 Å². The third-order valence-corrected chi connectivity index (χ3v) is 2.28. The van der Waals surface area contributed by atoms with E-state index < -0.39 is 0 Å². The Bertz CT molecular complexity index is 191. The van der Waals surface area contributed by atoms with Gasteiger partial charge in [0.05, 0.1) is 0 Å². The highest BCUT2D eigenvalue weighted by Gasteiger charge is 2.07. The highest BCUT2D eigenvalue weighted by atomic mass is 35.5. The van der Waals surface area contributed by atoms with Crippen LogP contribution in [0, 0.1) is 0 Å². The minimum atomic E-state index is 0.909. The van der Waals surface area contributed by atoms with Crippen LogP contribution in [0.2, 0.25) is 0 Å². The molecule has 0 unspecified atom stereocenters. The molecule has 1 N–H and O–H groups in total. The van der Waals surface area contributed by atoms with Crippen molar-refractivity contribution in [3.8, 4) is 0 Å². The second-order valence-corrected chi connectivity index (χ2v) is 2.86. The summed E-state index contributed by atoms with van der Waals surface area (Å²) in [6.07, 6.45) is 3.00. The van der Waals surface area contributed by atoms with Gasteiger partial charge in [0.2, 0.25) is 0 Å². The SMILES string of the molecule is CCC1=C(Cl)C(C)=CNC1. The fourth-order valence-electron chi connectivity index (χ4n) is 1.03. The van der Waals surface area contributed by atoms with Crippen molar-refractivity contribution in [3.05, 3.63) is 22.4 Å². The van der Waals surface area contributed by atoms with Crippen molar-refractivity contribution >= 4 is 11.6 Å². The molecular formula is C8H12ClN. The molecule has 0 aromatic heterocycles. The molecular weight excluding hydrogens is 146 g/mol. The maximum absolute atomic E-state index is 6.00. The number of hydrogen-bond acceptors (Lipinski definition) is 1. The zero-order valence-electron chi connectivity index (χ0n) is 6.37. The molecule has 0 atom stereocenters. The zero-order valence-corrected chi connectivity index (χ0v) is 7.13. The number of rotatable bonds is 1. The molecule has 56 valence electrons. The van der Waals surface area contributed by atoms with Crippen LogP contribution in [-0.4, -0.2) is 6.54 Å². The highest BCUT2D eigenvalue weighted by Crippen LogP contribution is 2.22. The van der Waals surface area contributed by atoms with E-state index in [-0.39, 0.29) is 0 Å². The van der Waals surface area contributed by atoms with E-state index >= 15 is 0 Å². The van der Waals surface area contributed by atoms with Crippen LogP contribution in [0.1, 0.15) is 20.3 Å². The van der Waals surface area contributed by atoms with Crippen LogP contribution in [0.25, 0.3) is 0 Å². The molecule has 0 spiro atoms. The lowest BCUT2D eigenvalue weighted by atomic mass is 10.1. The number of allylic oxidation sites excluding steroid dienone is 2. The van der Waals surface area contributed by atoms with Gasteiger partial charge in [0.15, 0.2) is 0 Å². The van der Waals surface area contributed by atoms with E-state index in [1.807, 2.05) is 13.1 Å². The number of halogens is 1. The summed E-state index contributed by atoms with van der Waals surface area (Å²) in [6, 6.07) is 0. The molecule has 0 saturated heterocycles. The van der Waals surface area contributed by atoms with Crippen molar-refractivity contribution in [3.63, 3.8) is 0 Å². The Morgan fingerprint density at radius 1 is 1.70 bits per heavy atom. The van der Waals surface area contributed by atoms with Crippen molar-refractivity contribution in [1.82, 2.24) is 5.32 Å². The van der Waals surface area contributed by atoms with Crippen LogP contribution in [0.3, 0.4) is 0 Å². The Hall–Kier alpha value is -0.430. The molecule has 0 fully saturated rings. The fraction of sp³-hybridized carbons (Fsp3) is 0.500. The van der Waals surface area contributed by atoms with Crippen LogP contribution in [-0.2, 0) is 0 Å². The summed E-state index contributed by atoms with van der Waals surface area (Å²) in [7, 11) is 0. The molecule has 0 saturated carbocycles. The maximum Gasteiger partial charge on any atom is 0.0459 e. The summed E-state index contributed by atoms with van der Waals surface area (Å²) in [5.41, 5.74) is 2.45. The molecule has 0 amide bonds. The maximum atomic E-state index is 6.00. The Labute approximate surface area is 66.8 Å². The van der Waals surface area contributed by atoms with Crippen molar-refractivity contribution in [2.75, 3.05) is 6.54 Å². The van der Waals surface area contributed by atoms with Crippen molar-refractivity contribution in [1.29, 1.82) is 0 Å². The van der Waals surface area contributed by atoms with Gasteiger partial charge in [-0.25, -0.2) is 0 Å². The standard InChI is InChI=1S/C8H12ClN/c1-3-7-5-10-4-6(2)8(7)9/h4,10H,3,5H2,1-2H3. The number of hydrogen-bond donors (Lipinski definition) is 1. The first kappa shape index (κ1) is 7.67. The first-order chi connectivity index (χ1) is 4.75. The van der Waals surface area contributed by atoms with Gasteiger partial charge in [0, 0.05) is 17.8 Å². The fourth-order valence-corrected chi connectivity index (χ4v) is 1.28. The van der Waals surface area contributed by atoms with Crippen molar-refractivity contribution in [2.24, 2.45) is 0 Å². The number of dihydropyridines is 1. The zero-order chi connectivity index (χ0) is 7.56. The molecule has 2 heteroatoms. The Balaban J connectivity index is 2.85. The van der Waals surface area contributed by atoms with Gasteiger partial charge < -0.3 is 5.32 Å². The van der Waals surface area contributed by atoms with Crippen LogP contribution in [0.4, 0.5) is 0 Å². The van der Waals surface area contributed by atoms with Gasteiger partial charge in [0.1, 0.15) is 0 Å². The van der Waals surface area contributed by atoms with Gasteiger partial charge in [-0.05, 0) is 24.5 Å². The molecule has 0 aliphatic carbocycles. The monoisotopic (exact) mass is 157 g/mol. The first-order valence-corrected chi connectivity index (χ1v) is 3.91. The lowest BCUT2D eigenvalue weighted by Crippen LogP contribution is -2.15. The van der Waals surface area contributed by atoms with Gasteiger partial charge >= 0.3 is 0 Å². The van der Waals surface area contributed by atoms with E-state index in [1.54, 1.807) is 0 Å². The summed E-state index contributed by atoms with van der Waals surface area (Å²) in [5, 5.41) is 4.11. The molecule has 1 rings (SSSR count). The summed E-state index contributed by atoms with van der Waals surface area (Å²) in [6.45, 7) is 5.05. The minimum Gasteiger partial charge on any atom is -0.387 e. The van der Waals surface area contributed by atoms with Gasteiger partial charge in [-0.3, -0.25) is 0 Å². The largest absolute Gasteiger partial charge is 0.387 e. The van der Waals surface area contributed by atoms with Crippen LogP contribution < -0.4 is 5.32 Å². The summed E-state index contributed by atoms with van der Waals surface area (Å²) in [5.74, 6) is 0. The second kappa shape index (κ2) is 3.11. The molecule has 1 nitrogen and oxygen atoms in total. The molecule has 0 aromatic carbocycles. The quantitative estimate of drug-likeness (QED) is 0.617.